The molecule has 0 aliphatic carbocycles. The predicted octanol–water partition coefficient (Wildman–Crippen LogP) is 4.10. The minimum absolute atomic E-state index is 0.178. The molecule has 30 heavy (non-hydrogen) atoms. The van der Waals surface area contributed by atoms with Gasteiger partial charge in [0.25, 0.3) is 0 Å². The van der Waals surface area contributed by atoms with Gasteiger partial charge in [-0.15, -0.1) is 5.10 Å². The second kappa shape index (κ2) is 9.09. The SMILES string of the molecule is CCc1c(C)noc1-c1snnc1C1CCN(Cc2ccc(COC(C)=O)o2)CC1. The molecule has 9 heteroatoms. The average Bonchev–Trinajstić information content (AvgIpc) is 3.46. The first-order valence-corrected chi connectivity index (χ1v) is 11.0. The van der Waals surface area contributed by atoms with Gasteiger partial charge in [0.05, 0.1) is 17.9 Å². The Hall–Kier alpha value is -2.52. The zero-order valence-electron chi connectivity index (χ0n) is 17.5. The van der Waals surface area contributed by atoms with Crippen LogP contribution >= 0.6 is 11.5 Å². The minimum Gasteiger partial charge on any atom is -0.461 e. The van der Waals surface area contributed by atoms with E-state index in [9.17, 15) is 4.79 Å². The monoisotopic (exact) mass is 430 g/mol. The summed E-state index contributed by atoms with van der Waals surface area (Å²) in [5, 5.41) is 8.59. The Balaban J connectivity index is 1.37. The lowest BCUT2D eigenvalue weighted by atomic mass is 9.92. The lowest BCUT2D eigenvalue weighted by Crippen LogP contribution is -2.32. The van der Waals surface area contributed by atoms with Crippen molar-refractivity contribution in [2.75, 3.05) is 13.1 Å². The summed E-state index contributed by atoms with van der Waals surface area (Å²) >= 11 is 1.39. The van der Waals surface area contributed by atoms with Gasteiger partial charge in [-0.25, -0.2) is 0 Å². The van der Waals surface area contributed by atoms with Crippen molar-refractivity contribution in [2.45, 2.75) is 59.1 Å². The molecule has 0 amide bonds. The van der Waals surface area contributed by atoms with Crippen molar-refractivity contribution >= 4 is 17.5 Å². The van der Waals surface area contributed by atoms with E-state index >= 15 is 0 Å². The van der Waals surface area contributed by atoms with Crippen LogP contribution in [-0.4, -0.2) is 38.7 Å². The summed E-state index contributed by atoms with van der Waals surface area (Å²) in [6, 6.07) is 3.81. The maximum Gasteiger partial charge on any atom is 0.303 e. The van der Waals surface area contributed by atoms with Gasteiger partial charge in [-0.2, -0.15) is 0 Å². The largest absolute Gasteiger partial charge is 0.461 e. The highest BCUT2D eigenvalue weighted by atomic mass is 32.1. The molecule has 1 aliphatic heterocycles. The molecule has 4 heterocycles. The smallest absolute Gasteiger partial charge is 0.303 e. The molecule has 0 aromatic carbocycles. The Kier molecular flexibility index (Phi) is 6.29. The lowest BCUT2D eigenvalue weighted by molar-refractivity contribution is -0.142. The van der Waals surface area contributed by atoms with E-state index in [1.165, 1.54) is 18.5 Å². The minimum atomic E-state index is -0.308. The third-order valence-electron chi connectivity index (χ3n) is 5.55. The van der Waals surface area contributed by atoms with E-state index in [1.54, 1.807) is 0 Å². The molecule has 0 bridgehead atoms. The van der Waals surface area contributed by atoms with Crippen LogP contribution in [0.5, 0.6) is 0 Å². The molecule has 8 nitrogen and oxygen atoms in total. The first-order chi connectivity index (χ1) is 14.5. The van der Waals surface area contributed by atoms with E-state index in [0.717, 1.165) is 72.2 Å². The van der Waals surface area contributed by atoms with E-state index in [4.69, 9.17) is 13.7 Å². The fourth-order valence-electron chi connectivity index (χ4n) is 3.95. The number of esters is 1. The molecule has 4 rings (SSSR count). The van der Waals surface area contributed by atoms with E-state index in [-0.39, 0.29) is 12.6 Å². The molecular weight excluding hydrogens is 404 g/mol. The molecule has 1 fully saturated rings. The van der Waals surface area contributed by atoms with E-state index in [2.05, 4.69) is 26.6 Å². The highest BCUT2D eigenvalue weighted by Gasteiger charge is 2.29. The molecule has 1 aliphatic rings. The zero-order valence-corrected chi connectivity index (χ0v) is 18.3. The summed E-state index contributed by atoms with van der Waals surface area (Å²) in [5.41, 5.74) is 3.11. The summed E-state index contributed by atoms with van der Waals surface area (Å²) in [6.07, 6.45) is 2.89. The van der Waals surface area contributed by atoms with Gasteiger partial charge >= 0.3 is 5.97 Å². The fourth-order valence-corrected chi connectivity index (χ4v) is 4.70. The van der Waals surface area contributed by atoms with E-state index < -0.39 is 0 Å². The van der Waals surface area contributed by atoms with Gasteiger partial charge in [0.1, 0.15) is 23.0 Å². The second-order valence-corrected chi connectivity index (χ2v) is 8.37. The van der Waals surface area contributed by atoms with Crippen LogP contribution in [0.1, 0.15) is 61.1 Å². The maximum atomic E-state index is 10.9. The van der Waals surface area contributed by atoms with Crippen LogP contribution < -0.4 is 0 Å². The number of ether oxygens (including phenoxy) is 1. The summed E-state index contributed by atoms with van der Waals surface area (Å²) in [4.78, 5) is 14.3. The van der Waals surface area contributed by atoms with Crippen molar-refractivity contribution in [3.63, 3.8) is 0 Å². The number of furan rings is 1. The number of hydrogen-bond acceptors (Lipinski definition) is 9. The van der Waals surface area contributed by atoms with Crippen molar-refractivity contribution < 1.29 is 18.5 Å². The summed E-state index contributed by atoms with van der Waals surface area (Å²) < 4.78 is 20.6. The standard InChI is InChI=1S/C21H26N4O4S/c1-4-18-13(2)23-29-20(18)21-19(22-24-30-21)15-7-9-25(10-8-15)11-16-5-6-17(28-16)12-27-14(3)26/h5-6,15H,4,7-12H2,1-3H3. The third kappa shape index (κ3) is 4.46. The summed E-state index contributed by atoms with van der Waals surface area (Å²) in [6.45, 7) is 8.32. The molecule has 1 saturated heterocycles. The average molecular weight is 431 g/mol. The Labute approximate surface area is 179 Å². The zero-order chi connectivity index (χ0) is 21.1. The molecular formula is C21H26N4O4S. The quantitative estimate of drug-likeness (QED) is 0.517. The first-order valence-electron chi connectivity index (χ1n) is 10.3. The molecule has 0 atom stereocenters. The molecule has 3 aromatic rings. The molecule has 3 aromatic heterocycles. The third-order valence-corrected chi connectivity index (χ3v) is 6.29. The number of nitrogens with zero attached hydrogens (tertiary/aromatic N) is 4. The van der Waals surface area contributed by atoms with Crippen LogP contribution in [0.3, 0.4) is 0 Å². The van der Waals surface area contributed by atoms with Crippen LogP contribution in [0.15, 0.2) is 21.1 Å². The molecule has 0 saturated carbocycles. The van der Waals surface area contributed by atoms with Crippen LogP contribution in [0.25, 0.3) is 10.6 Å². The molecule has 160 valence electrons. The van der Waals surface area contributed by atoms with Gasteiger partial charge in [-0.3, -0.25) is 9.69 Å². The van der Waals surface area contributed by atoms with Crippen molar-refractivity contribution in [1.29, 1.82) is 0 Å². The highest BCUT2D eigenvalue weighted by molar-refractivity contribution is 7.09. The number of rotatable bonds is 7. The van der Waals surface area contributed by atoms with Crippen LogP contribution in [0, 0.1) is 6.92 Å². The second-order valence-electron chi connectivity index (χ2n) is 7.62. The number of carbonyl (C=O) groups is 1. The van der Waals surface area contributed by atoms with E-state index in [1.807, 2.05) is 19.1 Å². The van der Waals surface area contributed by atoms with E-state index in [0.29, 0.717) is 11.7 Å². The van der Waals surface area contributed by atoms with Crippen molar-refractivity contribution in [3.05, 3.63) is 40.6 Å². The number of aromatic nitrogens is 3. The number of hydrogen-bond donors (Lipinski definition) is 0. The van der Waals surface area contributed by atoms with Gasteiger partial charge in [0.15, 0.2) is 5.76 Å². The normalized spacial score (nSPS) is 15.6. The molecule has 0 radical (unpaired) electrons. The Morgan fingerprint density at radius 1 is 1.30 bits per heavy atom. The molecule has 0 unspecified atom stereocenters. The van der Waals surface area contributed by atoms with Gasteiger partial charge in [0, 0.05) is 18.4 Å². The fraction of sp³-hybridized carbons (Fsp3) is 0.524. The van der Waals surface area contributed by atoms with Crippen LogP contribution in [0.2, 0.25) is 0 Å². The number of likely N-dealkylation sites (tertiary alicyclic amines) is 1. The van der Waals surface area contributed by atoms with Crippen LogP contribution in [-0.2, 0) is 29.1 Å². The van der Waals surface area contributed by atoms with Crippen LogP contribution in [0.4, 0.5) is 0 Å². The van der Waals surface area contributed by atoms with Gasteiger partial charge in [0.2, 0.25) is 0 Å². The van der Waals surface area contributed by atoms with Gasteiger partial charge < -0.3 is 13.7 Å². The number of carbonyl (C=O) groups excluding carboxylic acids is 1. The molecule has 0 N–H and O–H groups in total. The van der Waals surface area contributed by atoms with Crippen molar-refractivity contribution in [1.82, 2.24) is 19.6 Å². The highest BCUT2D eigenvalue weighted by Crippen LogP contribution is 2.38. The summed E-state index contributed by atoms with van der Waals surface area (Å²) in [5.74, 6) is 2.44. The maximum absolute atomic E-state index is 10.9. The Bertz CT molecular complexity index is 1000. The number of piperidine rings is 1. The predicted molar refractivity (Wildman–Crippen MR) is 111 cm³/mol. The number of aryl methyl sites for hydroxylation is 1. The summed E-state index contributed by atoms with van der Waals surface area (Å²) in [7, 11) is 0. The lowest BCUT2D eigenvalue weighted by Gasteiger charge is -2.30. The Morgan fingerprint density at radius 3 is 2.80 bits per heavy atom. The van der Waals surface area contributed by atoms with Crippen molar-refractivity contribution in [3.8, 4) is 10.6 Å². The Morgan fingerprint density at radius 2 is 2.07 bits per heavy atom. The first kappa shape index (κ1) is 20.7. The van der Waals surface area contributed by atoms with Gasteiger partial charge in [-0.05, 0) is 62.9 Å². The van der Waals surface area contributed by atoms with Gasteiger partial charge in [-0.1, -0.05) is 16.6 Å². The topological polar surface area (TPSA) is 94.5 Å². The molecule has 0 spiro atoms. The van der Waals surface area contributed by atoms with Crippen molar-refractivity contribution in [2.24, 2.45) is 0 Å².